The highest BCUT2D eigenvalue weighted by atomic mass is 19.1. The van der Waals surface area contributed by atoms with Crippen molar-refractivity contribution >= 4 is 11.9 Å². The van der Waals surface area contributed by atoms with E-state index in [1.807, 2.05) is 6.07 Å². The molecule has 0 heterocycles. The molecule has 1 aliphatic rings. The van der Waals surface area contributed by atoms with Crippen LogP contribution in [0.3, 0.4) is 0 Å². The van der Waals surface area contributed by atoms with Crippen LogP contribution in [0, 0.1) is 17.1 Å². The number of esters is 1. The highest BCUT2D eigenvalue weighted by molar-refractivity contribution is 5.86. The van der Waals surface area contributed by atoms with E-state index in [-0.39, 0.29) is 24.8 Å². The lowest BCUT2D eigenvalue weighted by Gasteiger charge is -2.27. The molecule has 1 aliphatic carbocycles. The van der Waals surface area contributed by atoms with Crippen LogP contribution < -0.4 is 0 Å². The molecule has 24 heavy (non-hydrogen) atoms. The quantitative estimate of drug-likeness (QED) is 0.751. The molecular weight excluding hydrogens is 311 g/mol. The zero-order valence-electron chi connectivity index (χ0n) is 13.8. The first-order valence-corrected chi connectivity index (χ1v) is 8.04. The van der Waals surface area contributed by atoms with Gasteiger partial charge in [0, 0.05) is 13.6 Å². The minimum Gasteiger partial charge on any atom is -0.455 e. The maximum atomic E-state index is 13.2. The van der Waals surface area contributed by atoms with E-state index in [4.69, 9.17) is 10.00 Å². The Balaban J connectivity index is 2.04. The SMILES string of the molecule is CN(CCC#N)C(=O)COC(=O)C1(c2ccc(F)cc2)CCCC1. The fourth-order valence-corrected chi connectivity index (χ4v) is 3.08. The van der Waals surface area contributed by atoms with Crippen LogP contribution in [0.4, 0.5) is 4.39 Å². The second-order valence-corrected chi connectivity index (χ2v) is 6.10. The van der Waals surface area contributed by atoms with Crippen LogP contribution in [0.25, 0.3) is 0 Å². The van der Waals surface area contributed by atoms with E-state index in [2.05, 4.69) is 0 Å². The van der Waals surface area contributed by atoms with Crippen molar-refractivity contribution in [3.8, 4) is 6.07 Å². The van der Waals surface area contributed by atoms with Gasteiger partial charge < -0.3 is 9.64 Å². The summed E-state index contributed by atoms with van der Waals surface area (Å²) >= 11 is 0. The van der Waals surface area contributed by atoms with Crippen molar-refractivity contribution in [1.29, 1.82) is 5.26 Å². The maximum absolute atomic E-state index is 13.2. The summed E-state index contributed by atoms with van der Waals surface area (Å²) in [5.74, 6) is -1.13. The summed E-state index contributed by atoms with van der Waals surface area (Å²) in [7, 11) is 1.57. The van der Waals surface area contributed by atoms with Crippen molar-refractivity contribution in [1.82, 2.24) is 4.90 Å². The van der Waals surface area contributed by atoms with Gasteiger partial charge in [-0.15, -0.1) is 0 Å². The number of hydrogen-bond donors (Lipinski definition) is 0. The third-order valence-electron chi connectivity index (χ3n) is 4.56. The first kappa shape index (κ1) is 17.9. The van der Waals surface area contributed by atoms with E-state index in [1.54, 1.807) is 19.2 Å². The van der Waals surface area contributed by atoms with Gasteiger partial charge in [-0.3, -0.25) is 9.59 Å². The molecule has 1 saturated carbocycles. The Bertz CT molecular complexity index is 631. The van der Waals surface area contributed by atoms with E-state index in [9.17, 15) is 14.0 Å². The standard InChI is InChI=1S/C18H21FN2O3/c1-21(12-4-11-20)16(22)13-24-17(23)18(9-2-3-10-18)14-5-7-15(19)8-6-14/h5-8H,2-4,9-10,12-13H2,1H3. The summed E-state index contributed by atoms with van der Waals surface area (Å²) in [5.41, 5.74) is -0.0594. The number of carbonyl (C=O) groups excluding carboxylic acids is 2. The highest BCUT2D eigenvalue weighted by Crippen LogP contribution is 2.42. The average Bonchev–Trinajstić information content (AvgIpc) is 3.08. The van der Waals surface area contributed by atoms with Crippen LogP contribution >= 0.6 is 0 Å². The highest BCUT2D eigenvalue weighted by Gasteiger charge is 2.44. The fraction of sp³-hybridized carbons (Fsp3) is 0.500. The minimum atomic E-state index is -0.792. The average molecular weight is 332 g/mol. The number of likely N-dealkylation sites (N-methyl/N-ethyl adjacent to an activating group) is 1. The molecule has 1 aromatic carbocycles. The lowest BCUT2D eigenvalue weighted by Crippen LogP contribution is -2.38. The van der Waals surface area contributed by atoms with Crippen LogP contribution in [-0.2, 0) is 19.7 Å². The number of amides is 1. The molecule has 0 spiro atoms. The van der Waals surface area contributed by atoms with E-state index in [0.717, 1.165) is 18.4 Å². The fourth-order valence-electron chi connectivity index (χ4n) is 3.08. The lowest BCUT2D eigenvalue weighted by molar-refractivity contribution is -0.156. The topological polar surface area (TPSA) is 70.4 Å². The molecule has 0 atom stereocenters. The van der Waals surface area contributed by atoms with E-state index < -0.39 is 11.4 Å². The molecule has 1 fully saturated rings. The third-order valence-corrected chi connectivity index (χ3v) is 4.56. The molecule has 0 N–H and O–H groups in total. The number of rotatable bonds is 6. The molecule has 0 unspecified atom stereocenters. The molecule has 128 valence electrons. The van der Waals surface area contributed by atoms with Crippen LogP contribution in [0.2, 0.25) is 0 Å². The van der Waals surface area contributed by atoms with Gasteiger partial charge in [0.2, 0.25) is 0 Å². The summed E-state index contributed by atoms with van der Waals surface area (Å²) in [6.07, 6.45) is 3.28. The largest absolute Gasteiger partial charge is 0.455 e. The Morgan fingerprint density at radius 3 is 2.50 bits per heavy atom. The summed E-state index contributed by atoms with van der Waals surface area (Å²) in [4.78, 5) is 26.0. The predicted octanol–water partition coefficient (Wildman–Crippen LogP) is 2.55. The molecule has 1 amide bonds. The third kappa shape index (κ3) is 3.91. The Hall–Kier alpha value is -2.42. The van der Waals surface area contributed by atoms with Gasteiger partial charge in [0.1, 0.15) is 5.82 Å². The van der Waals surface area contributed by atoms with Gasteiger partial charge in [-0.2, -0.15) is 5.26 Å². The molecule has 5 nitrogen and oxygen atoms in total. The zero-order chi connectivity index (χ0) is 17.6. The molecule has 6 heteroatoms. The van der Waals surface area contributed by atoms with Crippen molar-refractivity contribution in [3.63, 3.8) is 0 Å². The number of halogens is 1. The van der Waals surface area contributed by atoms with Gasteiger partial charge in [-0.25, -0.2) is 4.39 Å². The number of hydrogen-bond acceptors (Lipinski definition) is 4. The van der Waals surface area contributed by atoms with Crippen molar-refractivity contribution < 1.29 is 18.7 Å². The molecule has 0 saturated heterocycles. The van der Waals surface area contributed by atoms with Crippen molar-refractivity contribution in [2.75, 3.05) is 20.2 Å². The minimum absolute atomic E-state index is 0.232. The lowest BCUT2D eigenvalue weighted by atomic mass is 9.79. The smallest absolute Gasteiger partial charge is 0.317 e. The zero-order valence-corrected chi connectivity index (χ0v) is 13.8. The molecule has 0 aromatic heterocycles. The molecule has 0 aliphatic heterocycles. The molecule has 1 aromatic rings. The Kier molecular flexibility index (Phi) is 5.91. The first-order chi connectivity index (χ1) is 11.5. The van der Waals surface area contributed by atoms with Crippen LogP contribution in [0.15, 0.2) is 24.3 Å². The van der Waals surface area contributed by atoms with Gasteiger partial charge in [-0.1, -0.05) is 25.0 Å². The maximum Gasteiger partial charge on any atom is 0.317 e. The summed E-state index contributed by atoms with van der Waals surface area (Å²) < 4.78 is 18.4. The first-order valence-electron chi connectivity index (χ1n) is 8.04. The second-order valence-electron chi connectivity index (χ2n) is 6.10. The molecule has 0 radical (unpaired) electrons. The van der Waals surface area contributed by atoms with Crippen molar-refractivity contribution in [2.24, 2.45) is 0 Å². The van der Waals surface area contributed by atoms with Gasteiger partial charge in [0.05, 0.1) is 17.9 Å². The monoisotopic (exact) mass is 332 g/mol. The number of nitriles is 1. The van der Waals surface area contributed by atoms with Gasteiger partial charge >= 0.3 is 5.97 Å². The normalized spacial score (nSPS) is 15.5. The molecular formula is C18H21FN2O3. The second kappa shape index (κ2) is 7.91. The molecule has 2 rings (SSSR count). The van der Waals surface area contributed by atoms with Gasteiger partial charge in [-0.05, 0) is 30.5 Å². The van der Waals surface area contributed by atoms with Gasteiger partial charge in [0.15, 0.2) is 6.61 Å². The van der Waals surface area contributed by atoms with E-state index in [0.29, 0.717) is 19.4 Å². The van der Waals surface area contributed by atoms with Crippen LogP contribution in [0.5, 0.6) is 0 Å². The van der Waals surface area contributed by atoms with E-state index >= 15 is 0 Å². The predicted molar refractivity (Wildman–Crippen MR) is 85.4 cm³/mol. The van der Waals surface area contributed by atoms with Crippen molar-refractivity contribution in [2.45, 2.75) is 37.5 Å². The van der Waals surface area contributed by atoms with Gasteiger partial charge in [0.25, 0.3) is 5.91 Å². The Labute approximate surface area is 141 Å². The summed E-state index contributed by atoms with van der Waals surface area (Å²) in [6, 6.07) is 7.86. The summed E-state index contributed by atoms with van der Waals surface area (Å²) in [6.45, 7) is -0.0420. The number of ether oxygens (including phenoxy) is 1. The van der Waals surface area contributed by atoms with Crippen LogP contribution in [-0.4, -0.2) is 37.0 Å². The Morgan fingerprint density at radius 2 is 1.92 bits per heavy atom. The van der Waals surface area contributed by atoms with Crippen LogP contribution in [0.1, 0.15) is 37.7 Å². The Morgan fingerprint density at radius 1 is 1.29 bits per heavy atom. The number of benzene rings is 1. The van der Waals surface area contributed by atoms with E-state index in [1.165, 1.54) is 17.0 Å². The number of nitrogens with zero attached hydrogens (tertiary/aromatic N) is 2. The van der Waals surface area contributed by atoms with Crippen molar-refractivity contribution in [3.05, 3.63) is 35.6 Å². The summed E-state index contributed by atoms with van der Waals surface area (Å²) in [5, 5.41) is 8.54. The number of carbonyl (C=O) groups is 2. The molecule has 0 bridgehead atoms.